The van der Waals surface area contributed by atoms with Crippen LogP contribution in [0.4, 0.5) is 0 Å². The quantitative estimate of drug-likeness (QED) is 0.620. The van der Waals surface area contributed by atoms with E-state index in [0.717, 1.165) is 12.8 Å². The van der Waals surface area contributed by atoms with Crippen molar-refractivity contribution in [1.29, 1.82) is 0 Å². The second kappa shape index (κ2) is 2.72. The normalized spacial score (nSPS) is 10.0. The van der Waals surface area contributed by atoms with Gasteiger partial charge in [-0.15, -0.1) is 0 Å². The van der Waals surface area contributed by atoms with E-state index in [-0.39, 0.29) is 0 Å². The zero-order chi connectivity index (χ0) is 6.69. The first-order valence-electron chi connectivity index (χ1n) is 3.53. The average Bonchev–Trinajstić information content (AvgIpc) is 2.33. The molecule has 1 nitrogen and oxygen atoms in total. The standard InChI is InChI=1S/C8H13N/c1-3-7-5-6-9-8(7)4-2/h5-6,9H,3-4H2,1-2H3. The first-order chi connectivity index (χ1) is 4.38. The summed E-state index contributed by atoms with van der Waals surface area (Å²) in [6, 6.07) is 2.15. The largest absolute Gasteiger partial charge is 0.365 e. The number of aromatic nitrogens is 1. The number of hydrogen-bond acceptors (Lipinski definition) is 0. The highest BCUT2D eigenvalue weighted by Crippen LogP contribution is 2.06. The van der Waals surface area contributed by atoms with Gasteiger partial charge in [-0.25, -0.2) is 0 Å². The van der Waals surface area contributed by atoms with Gasteiger partial charge in [-0.1, -0.05) is 13.8 Å². The van der Waals surface area contributed by atoms with E-state index < -0.39 is 0 Å². The summed E-state index contributed by atoms with van der Waals surface area (Å²) in [4.78, 5) is 3.21. The molecule has 1 heteroatoms. The first-order valence-corrected chi connectivity index (χ1v) is 3.53. The molecule has 0 saturated carbocycles. The minimum absolute atomic E-state index is 1.12. The summed E-state index contributed by atoms with van der Waals surface area (Å²) in [6.45, 7) is 4.35. The molecule has 0 aromatic carbocycles. The molecule has 0 aliphatic carbocycles. The van der Waals surface area contributed by atoms with Crippen molar-refractivity contribution in [2.24, 2.45) is 0 Å². The van der Waals surface area contributed by atoms with Crippen LogP contribution in [0.25, 0.3) is 0 Å². The summed E-state index contributed by atoms with van der Waals surface area (Å²) in [5.41, 5.74) is 2.84. The number of aryl methyl sites for hydroxylation is 2. The molecule has 0 saturated heterocycles. The van der Waals surface area contributed by atoms with Crippen molar-refractivity contribution in [3.8, 4) is 0 Å². The minimum Gasteiger partial charge on any atom is -0.365 e. The third kappa shape index (κ3) is 1.15. The van der Waals surface area contributed by atoms with E-state index in [0.29, 0.717) is 0 Å². The van der Waals surface area contributed by atoms with Crippen molar-refractivity contribution in [1.82, 2.24) is 4.98 Å². The van der Waals surface area contributed by atoms with Crippen LogP contribution in [0.1, 0.15) is 25.1 Å². The molecule has 0 unspecified atom stereocenters. The van der Waals surface area contributed by atoms with Gasteiger partial charge in [0.25, 0.3) is 0 Å². The minimum atomic E-state index is 1.12. The van der Waals surface area contributed by atoms with Crippen LogP contribution in [0.2, 0.25) is 0 Å². The molecule has 0 radical (unpaired) electrons. The molecule has 1 aromatic rings. The second-order valence-electron chi connectivity index (χ2n) is 2.19. The summed E-state index contributed by atoms with van der Waals surface area (Å²) in [5.74, 6) is 0. The molecule has 0 spiro atoms. The van der Waals surface area contributed by atoms with Gasteiger partial charge in [-0.3, -0.25) is 0 Å². The van der Waals surface area contributed by atoms with Crippen LogP contribution in [-0.4, -0.2) is 4.98 Å². The number of nitrogens with one attached hydrogen (secondary N) is 1. The van der Waals surface area contributed by atoms with Crippen molar-refractivity contribution in [3.63, 3.8) is 0 Å². The van der Waals surface area contributed by atoms with Crippen molar-refractivity contribution in [3.05, 3.63) is 23.5 Å². The summed E-state index contributed by atoms with van der Waals surface area (Å²) in [5, 5.41) is 0. The molecule has 0 aliphatic heterocycles. The summed E-state index contributed by atoms with van der Waals surface area (Å²) < 4.78 is 0. The van der Waals surface area contributed by atoms with Crippen LogP contribution < -0.4 is 0 Å². The van der Waals surface area contributed by atoms with Gasteiger partial charge in [0.05, 0.1) is 0 Å². The second-order valence-corrected chi connectivity index (χ2v) is 2.19. The predicted molar refractivity (Wildman–Crippen MR) is 39.5 cm³/mol. The van der Waals surface area contributed by atoms with E-state index in [1.165, 1.54) is 11.3 Å². The van der Waals surface area contributed by atoms with Gasteiger partial charge in [-0.05, 0) is 24.5 Å². The number of hydrogen-bond donors (Lipinski definition) is 1. The SMILES string of the molecule is CCc1cc[nH]c1CC. The fourth-order valence-corrected chi connectivity index (χ4v) is 1.10. The highest BCUT2D eigenvalue weighted by molar-refractivity contribution is 5.19. The monoisotopic (exact) mass is 123 g/mol. The van der Waals surface area contributed by atoms with Gasteiger partial charge in [0, 0.05) is 11.9 Å². The Balaban J connectivity index is 2.85. The van der Waals surface area contributed by atoms with Gasteiger partial charge >= 0.3 is 0 Å². The molecule has 1 heterocycles. The van der Waals surface area contributed by atoms with Crippen molar-refractivity contribution in [2.45, 2.75) is 26.7 Å². The Morgan fingerprint density at radius 1 is 1.33 bits per heavy atom. The van der Waals surface area contributed by atoms with Gasteiger partial charge in [-0.2, -0.15) is 0 Å². The third-order valence-electron chi connectivity index (χ3n) is 1.66. The van der Waals surface area contributed by atoms with Crippen LogP contribution in [0.3, 0.4) is 0 Å². The number of H-pyrrole nitrogens is 1. The molecule has 0 aliphatic rings. The van der Waals surface area contributed by atoms with E-state index >= 15 is 0 Å². The lowest BCUT2D eigenvalue weighted by atomic mass is 10.2. The summed E-state index contributed by atoms with van der Waals surface area (Å²) >= 11 is 0. The van der Waals surface area contributed by atoms with Crippen LogP contribution >= 0.6 is 0 Å². The summed E-state index contributed by atoms with van der Waals surface area (Å²) in [6.07, 6.45) is 4.28. The predicted octanol–water partition coefficient (Wildman–Crippen LogP) is 2.14. The lowest BCUT2D eigenvalue weighted by Crippen LogP contribution is -1.85. The molecule has 0 bridgehead atoms. The Kier molecular flexibility index (Phi) is 1.93. The third-order valence-corrected chi connectivity index (χ3v) is 1.66. The maximum absolute atomic E-state index is 3.21. The molecule has 0 amide bonds. The highest BCUT2D eigenvalue weighted by atomic mass is 14.7. The fourth-order valence-electron chi connectivity index (χ4n) is 1.10. The zero-order valence-corrected chi connectivity index (χ0v) is 6.07. The van der Waals surface area contributed by atoms with Crippen molar-refractivity contribution >= 4 is 0 Å². The van der Waals surface area contributed by atoms with E-state index in [9.17, 15) is 0 Å². The molecule has 1 aromatic heterocycles. The lowest BCUT2D eigenvalue weighted by molar-refractivity contribution is 1.00. The van der Waals surface area contributed by atoms with Gasteiger partial charge in [0.15, 0.2) is 0 Å². The Bertz CT molecular complexity index is 158. The first kappa shape index (κ1) is 6.40. The summed E-state index contributed by atoms with van der Waals surface area (Å²) in [7, 11) is 0. The van der Waals surface area contributed by atoms with E-state index in [1.807, 2.05) is 6.20 Å². The van der Waals surface area contributed by atoms with Crippen LogP contribution in [0, 0.1) is 0 Å². The topological polar surface area (TPSA) is 15.8 Å². The maximum Gasteiger partial charge on any atom is 0.0176 e. The molecule has 1 rings (SSSR count). The van der Waals surface area contributed by atoms with Crippen LogP contribution in [-0.2, 0) is 12.8 Å². The highest BCUT2D eigenvalue weighted by Gasteiger charge is 1.95. The molecular formula is C8H13N. The van der Waals surface area contributed by atoms with Crippen LogP contribution in [0.15, 0.2) is 12.3 Å². The smallest absolute Gasteiger partial charge is 0.0176 e. The Morgan fingerprint density at radius 2 is 2.11 bits per heavy atom. The van der Waals surface area contributed by atoms with E-state index in [4.69, 9.17) is 0 Å². The van der Waals surface area contributed by atoms with Crippen molar-refractivity contribution < 1.29 is 0 Å². The van der Waals surface area contributed by atoms with Crippen molar-refractivity contribution in [2.75, 3.05) is 0 Å². The fraction of sp³-hybridized carbons (Fsp3) is 0.500. The molecule has 9 heavy (non-hydrogen) atoms. The molecule has 0 fully saturated rings. The molecule has 1 N–H and O–H groups in total. The molecule has 50 valence electrons. The molecule has 0 atom stereocenters. The maximum atomic E-state index is 3.21. The lowest BCUT2D eigenvalue weighted by Gasteiger charge is -1.94. The van der Waals surface area contributed by atoms with Gasteiger partial charge in [0.2, 0.25) is 0 Å². The number of aromatic amines is 1. The molecular weight excluding hydrogens is 110 g/mol. The van der Waals surface area contributed by atoms with Crippen LogP contribution in [0.5, 0.6) is 0 Å². The Labute approximate surface area is 56.1 Å². The van der Waals surface area contributed by atoms with Gasteiger partial charge < -0.3 is 4.98 Å². The Hall–Kier alpha value is -0.720. The average molecular weight is 123 g/mol. The Morgan fingerprint density at radius 3 is 2.56 bits per heavy atom. The van der Waals surface area contributed by atoms with E-state index in [1.54, 1.807) is 0 Å². The zero-order valence-electron chi connectivity index (χ0n) is 6.07. The van der Waals surface area contributed by atoms with Gasteiger partial charge in [0.1, 0.15) is 0 Å². The van der Waals surface area contributed by atoms with E-state index in [2.05, 4.69) is 24.9 Å². The number of rotatable bonds is 2.